The van der Waals surface area contributed by atoms with E-state index in [-0.39, 0.29) is 11.9 Å². The molecule has 0 aliphatic carbocycles. The molecule has 1 heterocycles. The van der Waals surface area contributed by atoms with Crippen LogP contribution in [0.15, 0.2) is 52.9 Å². The van der Waals surface area contributed by atoms with Gasteiger partial charge in [-0.3, -0.25) is 4.79 Å². The van der Waals surface area contributed by atoms with Gasteiger partial charge in [0.15, 0.2) is 5.76 Å². The molecule has 22 heavy (non-hydrogen) atoms. The zero-order valence-corrected chi connectivity index (χ0v) is 13.1. The van der Waals surface area contributed by atoms with Gasteiger partial charge in [-0.1, -0.05) is 41.9 Å². The third-order valence-electron chi connectivity index (χ3n) is 3.77. The van der Waals surface area contributed by atoms with Crippen molar-refractivity contribution >= 4 is 28.5 Å². The fourth-order valence-electron chi connectivity index (χ4n) is 2.49. The summed E-state index contributed by atoms with van der Waals surface area (Å²) < 4.78 is 5.68. The first kappa shape index (κ1) is 14.7. The van der Waals surface area contributed by atoms with Gasteiger partial charge in [0.05, 0.1) is 6.04 Å². The lowest BCUT2D eigenvalue weighted by Gasteiger charge is -2.13. The second kappa shape index (κ2) is 5.85. The Labute approximate surface area is 133 Å². The van der Waals surface area contributed by atoms with Crippen LogP contribution in [0.25, 0.3) is 11.0 Å². The van der Waals surface area contributed by atoms with Gasteiger partial charge in [0.2, 0.25) is 0 Å². The van der Waals surface area contributed by atoms with Crippen LogP contribution in [0.4, 0.5) is 0 Å². The fraction of sp³-hybridized carbons (Fsp3) is 0.167. The third kappa shape index (κ3) is 2.72. The van der Waals surface area contributed by atoms with Gasteiger partial charge in [0.25, 0.3) is 5.91 Å². The number of aryl methyl sites for hydroxylation is 1. The number of nitrogens with one attached hydrogen (secondary N) is 1. The number of fused-ring (bicyclic) bond motifs is 1. The second-order valence-corrected chi connectivity index (χ2v) is 5.74. The molecule has 0 aliphatic heterocycles. The van der Waals surface area contributed by atoms with Crippen molar-refractivity contribution in [1.29, 1.82) is 0 Å². The van der Waals surface area contributed by atoms with Gasteiger partial charge in [0, 0.05) is 16.0 Å². The molecule has 112 valence electrons. The minimum Gasteiger partial charge on any atom is -0.451 e. The highest BCUT2D eigenvalue weighted by Crippen LogP contribution is 2.25. The van der Waals surface area contributed by atoms with Gasteiger partial charge in [-0.05, 0) is 37.6 Å². The van der Waals surface area contributed by atoms with E-state index < -0.39 is 0 Å². The first-order chi connectivity index (χ1) is 10.6. The van der Waals surface area contributed by atoms with Gasteiger partial charge in [-0.2, -0.15) is 0 Å². The van der Waals surface area contributed by atoms with Crippen LogP contribution in [0, 0.1) is 6.92 Å². The van der Waals surface area contributed by atoms with E-state index in [9.17, 15) is 4.79 Å². The Morgan fingerprint density at radius 1 is 1.14 bits per heavy atom. The summed E-state index contributed by atoms with van der Waals surface area (Å²) in [4.78, 5) is 12.5. The molecule has 0 radical (unpaired) electrons. The van der Waals surface area contributed by atoms with E-state index in [0.29, 0.717) is 10.8 Å². The van der Waals surface area contributed by atoms with Crippen LogP contribution < -0.4 is 5.32 Å². The summed E-state index contributed by atoms with van der Waals surface area (Å²) in [6, 6.07) is 14.9. The van der Waals surface area contributed by atoms with Crippen LogP contribution in [0.3, 0.4) is 0 Å². The standard InChI is InChI=1S/C18H16ClNO2/c1-11-15-5-3-4-6-16(15)22-17(11)18(21)20-12(2)13-7-9-14(19)10-8-13/h3-10,12H,1-2H3,(H,20,21)/t12-/m0/s1. The van der Waals surface area contributed by atoms with E-state index in [1.165, 1.54) is 0 Å². The normalized spacial score (nSPS) is 12.3. The first-order valence-corrected chi connectivity index (χ1v) is 7.48. The van der Waals surface area contributed by atoms with Crippen molar-refractivity contribution in [2.75, 3.05) is 0 Å². The van der Waals surface area contributed by atoms with Crippen LogP contribution in [0.2, 0.25) is 5.02 Å². The minimum atomic E-state index is -0.212. The lowest BCUT2D eigenvalue weighted by Crippen LogP contribution is -2.26. The molecule has 1 aromatic heterocycles. The molecule has 3 nitrogen and oxygen atoms in total. The second-order valence-electron chi connectivity index (χ2n) is 5.30. The molecule has 3 aromatic rings. The predicted octanol–water partition coefficient (Wildman–Crippen LogP) is 4.89. The lowest BCUT2D eigenvalue weighted by atomic mass is 10.1. The summed E-state index contributed by atoms with van der Waals surface area (Å²) in [7, 11) is 0. The zero-order valence-electron chi connectivity index (χ0n) is 12.4. The maximum atomic E-state index is 12.5. The molecule has 4 heteroatoms. The van der Waals surface area contributed by atoms with Crippen molar-refractivity contribution < 1.29 is 9.21 Å². The minimum absolute atomic E-state index is 0.127. The molecule has 0 saturated heterocycles. The van der Waals surface area contributed by atoms with Crippen molar-refractivity contribution in [3.8, 4) is 0 Å². The number of hydrogen-bond acceptors (Lipinski definition) is 2. The van der Waals surface area contributed by atoms with Crippen LogP contribution in [0.5, 0.6) is 0 Å². The summed E-state index contributed by atoms with van der Waals surface area (Å²) in [5.41, 5.74) is 2.58. The van der Waals surface area contributed by atoms with E-state index in [1.807, 2.05) is 62.4 Å². The molecule has 3 rings (SSSR count). The van der Waals surface area contributed by atoms with Gasteiger partial charge >= 0.3 is 0 Å². The zero-order chi connectivity index (χ0) is 15.7. The molecular weight excluding hydrogens is 298 g/mol. The topological polar surface area (TPSA) is 42.2 Å². The molecule has 0 aliphatic rings. The molecule has 0 spiro atoms. The van der Waals surface area contributed by atoms with E-state index in [4.69, 9.17) is 16.0 Å². The first-order valence-electron chi connectivity index (χ1n) is 7.10. The largest absolute Gasteiger partial charge is 0.451 e. The predicted molar refractivity (Wildman–Crippen MR) is 88.3 cm³/mol. The average molecular weight is 314 g/mol. The fourth-order valence-corrected chi connectivity index (χ4v) is 2.61. The molecule has 1 atom stereocenters. The molecule has 1 amide bonds. The summed E-state index contributed by atoms with van der Waals surface area (Å²) in [6.07, 6.45) is 0. The highest BCUT2D eigenvalue weighted by Gasteiger charge is 2.19. The van der Waals surface area contributed by atoms with Crippen molar-refractivity contribution in [3.05, 3.63) is 70.4 Å². The highest BCUT2D eigenvalue weighted by atomic mass is 35.5. The maximum absolute atomic E-state index is 12.5. The number of para-hydroxylation sites is 1. The van der Waals surface area contributed by atoms with Crippen molar-refractivity contribution in [3.63, 3.8) is 0 Å². The molecule has 0 bridgehead atoms. The van der Waals surface area contributed by atoms with E-state index in [2.05, 4.69) is 5.32 Å². The van der Waals surface area contributed by atoms with Gasteiger partial charge in [0.1, 0.15) is 5.58 Å². The summed E-state index contributed by atoms with van der Waals surface area (Å²) in [5, 5.41) is 4.60. The molecule has 1 N–H and O–H groups in total. The number of furan rings is 1. The Bertz CT molecular complexity index is 821. The summed E-state index contributed by atoms with van der Waals surface area (Å²) >= 11 is 5.88. The van der Waals surface area contributed by atoms with E-state index >= 15 is 0 Å². The van der Waals surface area contributed by atoms with Crippen LogP contribution >= 0.6 is 11.6 Å². The molecular formula is C18H16ClNO2. The highest BCUT2D eigenvalue weighted by molar-refractivity contribution is 6.30. The Balaban J connectivity index is 1.84. The number of amides is 1. The van der Waals surface area contributed by atoms with Gasteiger partial charge in [-0.15, -0.1) is 0 Å². The molecule has 0 unspecified atom stereocenters. The lowest BCUT2D eigenvalue weighted by molar-refractivity contribution is 0.0913. The molecule has 0 fully saturated rings. The number of carbonyl (C=O) groups excluding carboxylic acids is 1. The SMILES string of the molecule is Cc1c(C(=O)N[C@@H](C)c2ccc(Cl)cc2)oc2ccccc12. The quantitative estimate of drug-likeness (QED) is 0.748. The molecule has 2 aromatic carbocycles. The Kier molecular flexibility index (Phi) is 3.90. The summed E-state index contributed by atoms with van der Waals surface area (Å²) in [5.74, 6) is 0.151. The Morgan fingerprint density at radius 2 is 1.82 bits per heavy atom. The van der Waals surface area contributed by atoms with Gasteiger partial charge in [-0.25, -0.2) is 0 Å². The average Bonchev–Trinajstić information content (AvgIpc) is 2.85. The third-order valence-corrected chi connectivity index (χ3v) is 4.02. The monoisotopic (exact) mass is 313 g/mol. The Morgan fingerprint density at radius 3 is 2.50 bits per heavy atom. The van der Waals surface area contributed by atoms with Crippen molar-refractivity contribution in [2.45, 2.75) is 19.9 Å². The number of benzene rings is 2. The number of rotatable bonds is 3. The number of halogens is 1. The number of hydrogen-bond donors (Lipinski definition) is 1. The van der Waals surface area contributed by atoms with Crippen LogP contribution in [0.1, 0.15) is 34.6 Å². The summed E-state index contributed by atoms with van der Waals surface area (Å²) in [6.45, 7) is 3.83. The van der Waals surface area contributed by atoms with Gasteiger partial charge < -0.3 is 9.73 Å². The van der Waals surface area contributed by atoms with E-state index in [1.54, 1.807) is 0 Å². The molecule has 0 saturated carbocycles. The van der Waals surface area contributed by atoms with E-state index in [0.717, 1.165) is 22.1 Å². The number of carbonyl (C=O) groups is 1. The smallest absolute Gasteiger partial charge is 0.287 e. The van der Waals surface area contributed by atoms with Crippen molar-refractivity contribution in [1.82, 2.24) is 5.32 Å². The Hall–Kier alpha value is -2.26. The maximum Gasteiger partial charge on any atom is 0.287 e. The van der Waals surface area contributed by atoms with Crippen LogP contribution in [-0.2, 0) is 0 Å². The van der Waals surface area contributed by atoms with Crippen molar-refractivity contribution in [2.24, 2.45) is 0 Å². The van der Waals surface area contributed by atoms with Crippen LogP contribution in [-0.4, -0.2) is 5.91 Å².